The summed E-state index contributed by atoms with van der Waals surface area (Å²) in [5, 5.41) is 8.66. The zero-order valence-electron chi connectivity index (χ0n) is 18.8. The van der Waals surface area contributed by atoms with Crippen molar-refractivity contribution in [3.63, 3.8) is 0 Å². The van der Waals surface area contributed by atoms with Crippen molar-refractivity contribution in [3.8, 4) is 5.75 Å². The molecule has 0 saturated carbocycles. The van der Waals surface area contributed by atoms with E-state index in [4.69, 9.17) is 21.5 Å². The van der Waals surface area contributed by atoms with E-state index in [2.05, 4.69) is 5.32 Å². The molecule has 4 rings (SSSR count). The summed E-state index contributed by atoms with van der Waals surface area (Å²) in [5.41, 5.74) is 2.09. The van der Waals surface area contributed by atoms with Gasteiger partial charge in [0.25, 0.3) is 0 Å². The molecule has 1 aliphatic rings. The summed E-state index contributed by atoms with van der Waals surface area (Å²) >= 11 is 6.06. The van der Waals surface area contributed by atoms with E-state index in [-0.39, 0.29) is 23.1 Å². The highest BCUT2D eigenvalue weighted by Crippen LogP contribution is 2.42. The van der Waals surface area contributed by atoms with Crippen molar-refractivity contribution < 1.29 is 22.7 Å². The van der Waals surface area contributed by atoms with Crippen LogP contribution in [0.3, 0.4) is 0 Å². The molecule has 8 nitrogen and oxygen atoms in total. The average molecular weight is 514 g/mol. The van der Waals surface area contributed by atoms with Gasteiger partial charge in [-0.1, -0.05) is 35.9 Å². The van der Waals surface area contributed by atoms with Crippen LogP contribution < -0.4 is 20.1 Å². The van der Waals surface area contributed by atoms with Crippen LogP contribution in [0.15, 0.2) is 77.7 Å². The number of methoxy groups -OCH3 is 1. The van der Waals surface area contributed by atoms with Crippen molar-refractivity contribution >= 4 is 39.1 Å². The number of nitrogens with one attached hydrogen (secondary N) is 1. The maximum absolute atomic E-state index is 13.3. The molecule has 0 aromatic heterocycles. The third-order valence-electron chi connectivity index (χ3n) is 5.94. The number of amides is 2. The summed E-state index contributed by atoms with van der Waals surface area (Å²) in [6.45, 7) is 0.296. The molecule has 1 heterocycles. The van der Waals surface area contributed by atoms with Crippen LogP contribution in [0.4, 0.5) is 5.69 Å². The lowest BCUT2D eigenvalue weighted by atomic mass is 9.92. The maximum Gasteiger partial charge on any atom is 0.238 e. The van der Waals surface area contributed by atoms with Crippen LogP contribution in [-0.4, -0.2) is 27.3 Å². The number of primary sulfonamides is 1. The van der Waals surface area contributed by atoms with Gasteiger partial charge in [0.05, 0.1) is 24.0 Å². The Labute approximate surface area is 208 Å². The molecule has 2 amide bonds. The van der Waals surface area contributed by atoms with Crippen LogP contribution in [0.5, 0.6) is 5.75 Å². The molecule has 0 unspecified atom stereocenters. The van der Waals surface area contributed by atoms with Gasteiger partial charge >= 0.3 is 0 Å². The van der Waals surface area contributed by atoms with Gasteiger partial charge < -0.3 is 15.0 Å². The standard InChI is InChI=1S/C25H24ClN3O5S/c1-34-20-10-2-16(3-11-20)15-28-25(31)22-14-23(30)29(24(22)17-4-6-18(26)7-5-17)19-8-12-21(13-9-19)35(27,32)33/h2-13,22,24H,14-15H2,1H3,(H,28,31)(H2,27,32,33)/t22-,24+/m0/s1. The second kappa shape index (κ2) is 10.1. The van der Waals surface area contributed by atoms with Crippen LogP contribution in [0.2, 0.25) is 5.02 Å². The Morgan fingerprint density at radius 3 is 2.26 bits per heavy atom. The highest BCUT2D eigenvalue weighted by molar-refractivity contribution is 7.89. The number of nitrogens with zero attached hydrogens (tertiary/aromatic N) is 1. The molecule has 1 aliphatic heterocycles. The summed E-state index contributed by atoms with van der Waals surface area (Å²) in [6, 6.07) is 19.4. The third kappa shape index (κ3) is 5.48. The van der Waals surface area contributed by atoms with Crippen LogP contribution >= 0.6 is 11.6 Å². The van der Waals surface area contributed by atoms with Crippen LogP contribution in [0, 0.1) is 5.92 Å². The second-order valence-electron chi connectivity index (χ2n) is 8.18. The van der Waals surface area contributed by atoms with Crippen LogP contribution in [0.1, 0.15) is 23.6 Å². The fourth-order valence-corrected chi connectivity index (χ4v) is 4.82. The molecule has 0 radical (unpaired) electrons. The van der Waals surface area contributed by atoms with E-state index in [1.807, 2.05) is 24.3 Å². The van der Waals surface area contributed by atoms with Gasteiger partial charge in [-0.05, 0) is 59.7 Å². The molecule has 10 heteroatoms. The Hall–Kier alpha value is -3.40. The number of ether oxygens (including phenoxy) is 1. The number of carbonyl (C=O) groups is 2. The second-order valence-corrected chi connectivity index (χ2v) is 10.2. The largest absolute Gasteiger partial charge is 0.497 e. The number of rotatable bonds is 7. The molecule has 182 valence electrons. The van der Waals surface area contributed by atoms with Gasteiger partial charge in [0.1, 0.15) is 5.75 Å². The fraction of sp³-hybridized carbons (Fsp3) is 0.200. The molecule has 3 N–H and O–H groups in total. The molecular formula is C25H24ClN3O5S. The quantitative estimate of drug-likeness (QED) is 0.502. The van der Waals surface area contributed by atoms with Gasteiger partial charge in [-0.15, -0.1) is 0 Å². The minimum Gasteiger partial charge on any atom is -0.497 e. The normalized spacial score (nSPS) is 17.9. The molecule has 3 aromatic rings. The SMILES string of the molecule is COc1ccc(CNC(=O)[C@H]2CC(=O)N(c3ccc(S(N)(=O)=O)cc3)[C@@H]2c2ccc(Cl)cc2)cc1. The number of hydrogen-bond donors (Lipinski definition) is 2. The predicted octanol–water partition coefficient (Wildman–Crippen LogP) is 3.41. The zero-order chi connectivity index (χ0) is 25.2. The van der Waals surface area contributed by atoms with E-state index >= 15 is 0 Å². The molecule has 1 fully saturated rings. The summed E-state index contributed by atoms with van der Waals surface area (Å²) in [6.07, 6.45) is -0.00131. The first kappa shape index (κ1) is 24.7. The van der Waals surface area contributed by atoms with Crippen molar-refractivity contribution in [2.75, 3.05) is 12.0 Å². The zero-order valence-corrected chi connectivity index (χ0v) is 20.4. The highest BCUT2D eigenvalue weighted by atomic mass is 35.5. The number of nitrogens with two attached hydrogens (primary N) is 1. The summed E-state index contributed by atoms with van der Waals surface area (Å²) in [5.74, 6) is -0.469. The van der Waals surface area contributed by atoms with E-state index in [1.165, 1.54) is 29.2 Å². The molecule has 0 bridgehead atoms. The number of hydrogen-bond acceptors (Lipinski definition) is 5. The van der Waals surface area contributed by atoms with Crippen molar-refractivity contribution in [2.45, 2.75) is 23.9 Å². The minimum atomic E-state index is -3.88. The third-order valence-corrected chi connectivity index (χ3v) is 7.12. The predicted molar refractivity (Wildman–Crippen MR) is 132 cm³/mol. The Kier molecular flexibility index (Phi) is 7.11. The number of benzene rings is 3. The molecule has 0 spiro atoms. The molecule has 35 heavy (non-hydrogen) atoms. The van der Waals surface area contributed by atoms with Crippen molar-refractivity contribution in [3.05, 3.63) is 88.9 Å². The van der Waals surface area contributed by atoms with Crippen LogP contribution in [-0.2, 0) is 26.2 Å². The lowest BCUT2D eigenvalue weighted by molar-refractivity contribution is -0.127. The van der Waals surface area contributed by atoms with Gasteiger partial charge in [-0.3, -0.25) is 9.59 Å². The van der Waals surface area contributed by atoms with E-state index in [9.17, 15) is 18.0 Å². The smallest absolute Gasteiger partial charge is 0.238 e. The summed E-state index contributed by atoms with van der Waals surface area (Å²) in [7, 11) is -2.30. The van der Waals surface area contributed by atoms with Crippen LogP contribution in [0.25, 0.3) is 0 Å². The van der Waals surface area contributed by atoms with E-state index in [1.54, 1.807) is 31.4 Å². The lowest BCUT2D eigenvalue weighted by Crippen LogP contribution is -2.35. The van der Waals surface area contributed by atoms with Crippen molar-refractivity contribution in [2.24, 2.45) is 11.1 Å². The molecule has 1 saturated heterocycles. The number of carbonyl (C=O) groups excluding carboxylic acids is 2. The molecular weight excluding hydrogens is 490 g/mol. The Balaban J connectivity index is 1.62. The Morgan fingerprint density at radius 1 is 1.06 bits per heavy atom. The van der Waals surface area contributed by atoms with Crippen molar-refractivity contribution in [1.82, 2.24) is 5.32 Å². The van der Waals surface area contributed by atoms with Gasteiger partial charge in [0.2, 0.25) is 21.8 Å². The average Bonchev–Trinajstić information content (AvgIpc) is 3.20. The molecule has 2 atom stereocenters. The number of anilines is 1. The number of halogens is 1. The highest BCUT2D eigenvalue weighted by Gasteiger charge is 2.45. The Bertz CT molecular complexity index is 1330. The molecule has 0 aliphatic carbocycles. The monoisotopic (exact) mass is 513 g/mol. The first-order valence-electron chi connectivity index (χ1n) is 10.8. The number of sulfonamides is 1. The van der Waals surface area contributed by atoms with Gasteiger partial charge in [0, 0.05) is 23.7 Å². The summed E-state index contributed by atoms with van der Waals surface area (Å²) in [4.78, 5) is 27.9. The Morgan fingerprint density at radius 2 is 1.69 bits per heavy atom. The topological polar surface area (TPSA) is 119 Å². The lowest BCUT2D eigenvalue weighted by Gasteiger charge is -2.28. The van der Waals surface area contributed by atoms with E-state index in [0.29, 0.717) is 23.0 Å². The van der Waals surface area contributed by atoms with E-state index < -0.39 is 22.0 Å². The van der Waals surface area contributed by atoms with Gasteiger partial charge in [0.15, 0.2) is 0 Å². The van der Waals surface area contributed by atoms with Gasteiger partial charge in [-0.25, -0.2) is 13.6 Å². The maximum atomic E-state index is 13.3. The van der Waals surface area contributed by atoms with Gasteiger partial charge in [-0.2, -0.15) is 0 Å². The molecule has 3 aromatic carbocycles. The van der Waals surface area contributed by atoms with E-state index in [0.717, 1.165) is 11.1 Å². The fourth-order valence-electron chi connectivity index (χ4n) is 4.18. The first-order valence-corrected chi connectivity index (χ1v) is 12.7. The first-order chi connectivity index (χ1) is 16.7. The van der Waals surface area contributed by atoms with Crippen molar-refractivity contribution in [1.29, 1.82) is 0 Å². The summed E-state index contributed by atoms with van der Waals surface area (Å²) < 4.78 is 28.4. The minimum absolute atomic E-state index is 0.00131.